The predicted octanol–water partition coefficient (Wildman–Crippen LogP) is 7.08. The highest BCUT2D eigenvalue weighted by Gasteiger charge is 2.11. The van der Waals surface area contributed by atoms with Gasteiger partial charge < -0.3 is 0 Å². The van der Waals surface area contributed by atoms with Crippen LogP contribution in [0.5, 0.6) is 0 Å². The summed E-state index contributed by atoms with van der Waals surface area (Å²) in [6.07, 6.45) is 6.97. The molecule has 0 atom stereocenters. The van der Waals surface area contributed by atoms with Gasteiger partial charge in [-0.25, -0.2) is 8.78 Å². The van der Waals surface area contributed by atoms with Crippen molar-refractivity contribution >= 4 is 0 Å². The van der Waals surface area contributed by atoms with E-state index < -0.39 is 11.6 Å². The number of halogens is 2. The lowest BCUT2D eigenvalue weighted by Gasteiger charge is -2.05. The molecule has 0 saturated heterocycles. The van der Waals surface area contributed by atoms with Gasteiger partial charge in [-0.15, -0.1) is 0 Å². The van der Waals surface area contributed by atoms with Gasteiger partial charge in [-0.05, 0) is 60.9 Å². The Bertz CT molecular complexity index is 776. The molecule has 0 saturated carbocycles. The number of aryl methyl sites for hydroxylation is 2. The molecular weight excluding hydrogens is 338 g/mol. The Morgan fingerprint density at radius 3 is 2.22 bits per heavy atom. The number of unbranched alkanes of at least 4 members (excludes halogenated alkanes) is 3. The Labute approximate surface area is 163 Å². The molecule has 0 aliphatic carbocycles. The molecule has 27 heavy (non-hydrogen) atoms. The molecule has 0 spiro atoms. The van der Waals surface area contributed by atoms with E-state index >= 15 is 0 Å². The van der Waals surface area contributed by atoms with Crippen molar-refractivity contribution in [3.8, 4) is 11.8 Å². The van der Waals surface area contributed by atoms with Crippen LogP contribution in [-0.4, -0.2) is 0 Å². The quantitative estimate of drug-likeness (QED) is 0.345. The first-order valence-corrected chi connectivity index (χ1v) is 10.1. The summed E-state index contributed by atoms with van der Waals surface area (Å²) in [4.78, 5) is 0. The Hall–Kier alpha value is -2.14. The second-order valence-corrected chi connectivity index (χ2v) is 7.59. The van der Waals surface area contributed by atoms with Crippen molar-refractivity contribution in [2.45, 2.75) is 65.7 Å². The molecule has 0 aliphatic heterocycles. The van der Waals surface area contributed by atoms with Gasteiger partial charge >= 0.3 is 0 Å². The molecule has 2 aromatic carbocycles. The summed E-state index contributed by atoms with van der Waals surface area (Å²) >= 11 is 0. The average Bonchev–Trinajstić information content (AvgIpc) is 2.67. The van der Waals surface area contributed by atoms with Gasteiger partial charge in [0.2, 0.25) is 0 Å². The summed E-state index contributed by atoms with van der Waals surface area (Å²) in [5, 5.41) is 0. The molecule has 0 aromatic heterocycles. The summed E-state index contributed by atoms with van der Waals surface area (Å²) in [5.41, 5.74) is 2.66. The highest BCUT2D eigenvalue weighted by molar-refractivity contribution is 5.45. The lowest BCUT2D eigenvalue weighted by Crippen LogP contribution is -1.98. The highest BCUT2D eigenvalue weighted by Crippen LogP contribution is 2.18. The van der Waals surface area contributed by atoms with Crippen molar-refractivity contribution in [1.29, 1.82) is 0 Å². The van der Waals surface area contributed by atoms with Gasteiger partial charge in [0.05, 0.1) is 5.56 Å². The van der Waals surface area contributed by atoms with Crippen LogP contribution in [0.1, 0.15) is 75.1 Å². The maximum atomic E-state index is 14.3. The second-order valence-electron chi connectivity index (χ2n) is 7.59. The molecular formula is C25H30F2. The van der Waals surface area contributed by atoms with E-state index in [9.17, 15) is 8.78 Å². The number of hydrogen-bond acceptors (Lipinski definition) is 0. The zero-order chi connectivity index (χ0) is 19.6. The Morgan fingerprint density at radius 2 is 1.56 bits per heavy atom. The van der Waals surface area contributed by atoms with Crippen LogP contribution in [-0.2, 0) is 12.8 Å². The van der Waals surface area contributed by atoms with E-state index in [1.165, 1.54) is 5.56 Å². The Morgan fingerprint density at radius 1 is 0.815 bits per heavy atom. The zero-order valence-electron chi connectivity index (χ0n) is 16.7. The molecule has 0 aliphatic rings. The van der Waals surface area contributed by atoms with Gasteiger partial charge in [0.15, 0.2) is 11.6 Å². The van der Waals surface area contributed by atoms with Crippen LogP contribution in [0.25, 0.3) is 0 Å². The molecule has 0 fully saturated rings. The molecule has 0 radical (unpaired) electrons. The van der Waals surface area contributed by atoms with Crippen molar-refractivity contribution in [2.75, 3.05) is 0 Å². The average molecular weight is 369 g/mol. The molecule has 0 unspecified atom stereocenters. The minimum Gasteiger partial charge on any atom is -0.203 e. The van der Waals surface area contributed by atoms with E-state index in [0.29, 0.717) is 17.9 Å². The molecule has 2 aromatic rings. The van der Waals surface area contributed by atoms with Crippen molar-refractivity contribution in [3.05, 3.63) is 70.3 Å². The maximum Gasteiger partial charge on any atom is 0.174 e. The van der Waals surface area contributed by atoms with Crippen LogP contribution < -0.4 is 0 Å². The van der Waals surface area contributed by atoms with Gasteiger partial charge in [0, 0.05) is 5.56 Å². The van der Waals surface area contributed by atoms with E-state index in [1.807, 2.05) is 12.1 Å². The predicted molar refractivity (Wildman–Crippen MR) is 110 cm³/mol. The third-order valence-corrected chi connectivity index (χ3v) is 4.77. The van der Waals surface area contributed by atoms with Crippen molar-refractivity contribution in [2.24, 2.45) is 5.92 Å². The van der Waals surface area contributed by atoms with Crippen molar-refractivity contribution < 1.29 is 8.78 Å². The fourth-order valence-corrected chi connectivity index (χ4v) is 2.97. The van der Waals surface area contributed by atoms with Gasteiger partial charge in [-0.1, -0.05) is 70.1 Å². The Balaban J connectivity index is 2.04. The van der Waals surface area contributed by atoms with Crippen molar-refractivity contribution in [1.82, 2.24) is 0 Å². The SMILES string of the molecule is CCCCCCc1ccc(C#Cc2ccc(CCC(C)C)cc2)c(F)c1F. The topological polar surface area (TPSA) is 0 Å². The van der Waals surface area contributed by atoms with E-state index in [4.69, 9.17) is 0 Å². The lowest BCUT2D eigenvalue weighted by atomic mass is 10.0. The van der Waals surface area contributed by atoms with Gasteiger partial charge in [-0.3, -0.25) is 0 Å². The minimum atomic E-state index is -0.830. The first-order chi connectivity index (χ1) is 13.0. The summed E-state index contributed by atoms with van der Waals surface area (Å²) in [5.74, 6) is 4.82. The molecule has 144 valence electrons. The lowest BCUT2D eigenvalue weighted by molar-refractivity contribution is 0.493. The molecule has 0 N–H and O–H groups in total. The van der Waals surface area contributed by atoms with E-state index in [-0.39, 0.29) is 5.56 Å². The van der Waals surface area contributed by atoms with E-state index in [0.717, 1.165) is 44.1 Å². The van der Waals surface area contributed by atoms with Gasteiger partial charge in [-0.2, -0.15) is 0 Å². The molecule has 2 rings (SSSR count). The zero-order valence-corrected chi connectivity index (χ0v) is 16.7. The second kappa shape index (κ2) is 10.9. The van der Waals surface area contributed by atoms with E-state index in [1.54, 1.807) is 12.1 Å². The highest BCUT2D eigenvalue weighted by atomic mass is 19.2. The van der Waals surface area contributed by atoms with Crippen LogP contribution in [0.3, 0.4) is 0 Å². The molecule has 0 bridgehead atoms. The first kappa shape index (κ1) is 21.2. The summed E-state index contributed by atoms with van der Waals surface area (Å²) in [6.45, 7) is 6.56. The molecule has 0 amide bonds. The fraction of sp³-hybridized carbons (Fsp3) is 0.440. The fourth-order valence-electron chi connectivity index (χ4n) is 2.97. The number of benzene rings is 2. The van der Waals surface area contributed by atoms with Crippen LogP contribution in [0.4, 0.5) is 8.78 Å². The first-order valence-electron chi connectivity index (χ1n) is 10.1. The summed E-state index contributed by atoms with van der Waals surface area (Å²) in [6, 6.07) is 11.3. The van der Waals surface area contributed by atoms with Crippen LogP contribution in [0.15, 0.2) is 36.4 Å². The van der Waals surface area contributed by atoms with Gasteiger partial charge in [0.25, 0.3) is 0 Å². The summed E-state index contributed by atoms with van der Waals surface area (Å²) < 4.78 is 28.6. The standard InChI is InChI=1S/C25H30F2/c1-4-5-6-7-8-22-17-18-23(25(27)24(22)26)16-15-21-13-11-20(12-14-21)10-9-19(2)3/h11-14,17-19H,4-10H2,1-3H3. The van der Waals surface area contributed by atoms with E-state index in [2.05, 4.69) is 44.7 Å². The third-order valence-electron chi connectivity index (χ3n) is 4.77. The number of rotatable bonds is 8. The minimum absolute atomic E-state index is 0.119. The molecule has 0 heterocycles. The smallest absolute Gasteiger partial charge is 0.174 e. The number of hydrogen-bond donors (Lipinski definition) is 0. The van der Waals surface area contributed by atoms with Gasteiger partial charge in [0.1, 0.15) is 0 Å². The summed E-state index contributed by atoms with van der Waals surface area (Å²) in [7, 11) is 0. The molecule has 2 heteroatoms. The molecule has 0 nitrogen and oxygen atoms in total. The third kappa shape index (κ3) is 6.83. The maximum absolute atomic E-state index is 14.3. The van der Waals surface area contributed by atoms with Crippen LogP contribution >= 0.6 is 0 Å². The largest absolute Gasteiger partial charge is 0.203 e. The van der Waals surface area contributed by atoms with Crippen LogP contribution in [0.2, 0.25) is 0 Å². The van der Waals surface area contributed by atoms with Crippen molar-refractivity contribution in [3.63, 3.8) is 0 Å². The van der Waals surface area contributed by atoms with Crippen LogP contribution in [0, 0.1) is 29.4 Å². The Kier molecular flexibility index (Phi) is 8.52. The normalized spacial score (nSPS) is 10.7. The monoisotopic (exact) mass is 368 g/mol.